The van der Waals surface area contributed by atoms with Crippen LogP contribution in [0.15, 0.2) is 36.4 Å². The molecule has 0 amide bonds. The van der Waals surface area contributed by atoms with Gasteiger partial charge in [-0.05, 0) is 37.1 Å². The number of hydrogen-bond donors (Lipinski definition) is 0. The molecule has 0 bridgehead atoms. The summed E-state index contributed by atoms with van der Waals surface area (Å²) in [6, 6.07) is 12.3. The normalized spacial score (nSPS) is 10.4. The Balaban J connectivity index is 2.37. The number of para-hydroxylation sites is 1. The predicted octanol–water partition coefficient (Wildman–Crippen LogP) is 4.21. The summed E-state index contributed by atoms with van der Waals surface area (Å²) in [5, 5.41) is 0. The average Bonchev–Trinajstić information content (AvgIpc) is 2.38. The van der Waals surface area contributed by atoms with Gasteiger partial charge in [0.1, 0.15) is 5.82 Å². The molecule has 0 N–H and O–H groups in total. The van der Waals surface area contributed by atoms with Crippen LogP contribution >= 0.6 is 11.6 Å². The van der Waals surface area contributed by atoms with E-state index in [0.29, 0.717) is 5.88 Å². The summed E-state index contributed by atoms with van der Waals surface area (Å²) in [5.41, 5.74) is 4.48. The molecule has 0 aliphatic heterocycles. The number of anilines is 2. The molecule has 0 aliphatic rings. The Morgan fingerprint density at radius 1 is 1.11 bits per heavy atom. The maximum absolute atomic E-state index is 5.85. The van der Waals surface area contributed by atoms with Crippen LogP contribution in [-0.4, -0.2) is 12.0 Å². The molecule has 18 heavy (non-hydrogen) atoms. The Kier molecular flexibility index (Phi) is 3.87. The van der Waals surface area contributed by atoms with Crippen molar-refractivity contribution in [2.24, 2.45) is 0 Å². The van der Waals surface area contributed by atoms with Gasteiger partial charge in [-0.15, -0.1) is 11.6 Å². The molecular formula is C15H17ClN2. The summed E-state index contributed by atoms with van der Waals surface area (Å²) in [7, 11) is 2.03. The summed E-state index contributed by atoms with van der Waals surface area (Å²) in [4.78, 5) is 6.70. The zero-order valence-electron chi connectivity index (χ0n) is 10.9. The lowest BCUT2D eigenvalue weighted by Crippen LogP contribution is -2.13. The molecule has 0 saturated carbocycles. The fourth-order valence-corrected chi connectivity index (χ4v) is 2.25. The number of aromatic nitrogens is 1. The van der Waals surface area contributed by atoms with Gasteiger partial charge in [0.2, 0.25) is 0 Å². The first-order chi connectivity index (χ1) is 8.63. The highest BCUT2D eigenvalue weighted by molar-refractivity contribution is 6.17. The summed E-state index contributed by atoms with van der Waals surface area (Å²) in [6.45, 7) is 4.10. The van der Waals surface area contributed by atoms with Gasteiger partial charge in [0, 0.05) is 24.3 Å². The molecule has 3 heteroatoms. The molecule has 1 aromatic heterocycles. The van der Waals surface area contributed by atoms with Crippen LogP contribution in [0, 0.1) is 13.8 Å². The van der Waals surface area contributed by atoms with E-state index in [4.69, 9.17) is 11.6 Å². The topological polar surface area (TPSA) is 16.1 Å². The Morgan fingerprint density at radius 2 is 1.83 bits per heavy atom. The molecule has 0 unspecified atom stereocenters. The van der Waals surface area contributed by atoms with Crippen LogP contribution in [0.5, 0.6) is 0 Å². The monoisotopic (exact) mass is 260 g/mol. The number of nitrogens with zero attached hydrogens (tertiary/aromatic N) is 2. The first kappa shape index (κ1) is 12.9. The SMILES string of the molecule is Cc1ccccc1N(C)c1ccc(CCl)c(C)n1. The van der Waals surface area contributed by atoms with Gasteiger partial charge in [0.15, 0.2) is 0 Å². The Labute approximate surface area is 113 Å². The van der Waals surface area contributed by atoms with Gasteiger partial charge in [0.25, 0.3) is 0 Å². The van der Waals surface area contributed by atoms with E-state index >= 15 is 0 Å². The van der Waals surface area contributed by atoms with E-state index in [-0.39, 0.29) is 0 Å². The van der Waals surface area contributed by atoms with Crippen LogP contribution in [0.25, 0.3) is 0 Å². The number of hydrogen-bond acceptors (Lipinski definition) is 2. The molecular weight excluding hydrogens is 244 g/mol. The molecule has 0 fully saturated rings. The summed E-state index contributed by atoms with van der Waals surface area (Å²) in [5.74, 6) is 1.45. The minimum Gasteiger partial charge on any atom is -0.329 e. The van der Waals surface area contributed by atoms with E-state index in [0.717, 1.165) is 17.1 Å². The Morgan fingerprint density at radius 3 is 2.44 bits per heavy atom. The van der Waals surface area contributed by atoms with Gasteiger partial charge in [-0.1, -0.05) is 24.3 Å². The number of halogens is 1. The van der Waals surface area contributed by atoms with Crippen molar-refractivity contribution in [1.82, 2.24) is 4.98 Å². The van der Waals surface area contributed by atoms with Crippen molar-refractivity contribution in [1.29, 1.82) is 0 Å². The lowest BCUT2D eigenvalue weighted by molar-refractivity contribution is 1.06. The van der Waals surface area contributed by atoms with Gasteiger partial charge in [0.05, 0.1) is 0 Å². The highest BCUT2D eigenvalue weighted by Crippen LogP contribution is 2.25. The second-order valence-corrected chi connectivity index (χ2v) is 4.66. The molecule has 94 valence electrons. The summed E-state index contributed by atoms with van der Waals surface area (Å²) in [6.07, 6.45) is 0. The van der Waals surface area contributed by atoms with Crippen LogP contribution in [0.3, 0.4) is 0 Å². The van der Waals surface area contributed by atoms with Crippen molar-refractivity contribution in [3.63, 3.8) is 0 Å². The lowest BCUT2D eigenvalue weighted by atomic mass is 10.2. The van der Waals surface area contributed by atoms with Crippen molar-refractivity contribution >= 4 is 23.1 Å². The number of aryl methyl sites for hydroxylation is 2. The van der Waals surface area contributed by atoms with Crippen molar-refractivity contribution in [2.75, 3.05) is 11.9 Å². The van der Waals surface area contributed by atoms with Gasteiger partial charge in [-0.25, -0.2) is 4.98 Å². The molecule has 0 saturated heterocycles. The van der Waals surface area contributed by atoms with Gasteiger partial charge in [-0.3, -0.25) is 0 Å². The van der Waals surface area contributed by atoms with Crippen molar-refractivity contribution in [3.05, 3.63) is 53.2 Å². The average molecular weight is 261 g/mol. The van der Waals surface area contributed by atoms with Gasteiger partial charge in [-0.2, -0.15) is 0 Å². The zero-order valence-corrected chi connectivity index (χ0v) is 11.7. The van der Waals surface area contributed by atoms with Crippen LogP contribution in [0.2, 0.25) is 0 Å². The molecule has 2 nitrogen and oxygen atoms in total. The minimum atomic E-state index is 0.507. The number of benzene rings is 1. The van der Waals surface area contributed by atoms with E-state index in [1.54, 1.807) is 0 Å². The van der Waals surface area contributed by atoms with Gasteiger partial charge < -0.3 is 4.90 Å². The van der Waals surface area contributed by atoms with E-state index in [2.05, 4.69) is 28.9 Å². The molecule has 1 aromatic carbocycles. The third-order valence-electron chi connectivity index (χ3n) is 3.14. The van der Waals surface area contributed by atoms with E-state index < -0.39 is 0 Å². The minimum absolute atomic E-state index is 0.507. The standard InChI is InChI=1S/C15H17ClN2/c1-11-6-4-5-7-14(11)18(3)15-9-8-13(10-16)12(2)17-15/h4-9H,10H2,1-3H3. The molecule has 2 rings (SSSR count). The van der Waals surface area contributed by atoms with E-state index in [9.17, 15) is 0 Å². The maximum atomic E-state index is 5.85. The third-order valence-corrected chi connectivity index (χ3v) is 3.43. The molecule has 1 heterocycles. The molecule has 0 atom stereocenters. The maximum Gasteiger partial charge on any atom is 0.132 e. The molecule has 2 aromatic rings. The quantitative estimate of drug-likeness (QED) is 0.769. The fourth-order valence-electron chi connectivity index (χ4n) is 1.97. The molecule has 0 radical (unpaired) electrons. The van der Waals surface area contributed by atoms with E-state index in [1.807, 2.05) is 38.2 Å². The van der Waals surface area contributed by atoms with Crippen molar-refractivity contribution in [2.45, 2.75) is 19.7 Å². The van der Waals surface area contributed by atoms with Gasteiger partial charge >= 0.3 is 0 Å². The summed E-state index contributed by atoms with van der Waals surface area (Å²) < 4.78 is 0. The number of alkyl halides is 1. The largest absolute Gasteiger partial charge is 0.329 e. The number of rotatable bonds is 3. The first-order valence-electron chi connectivity index (χ1n) is 5.95. The van der Waals surface area contributed by atoms with Crippen LogP contribution in [0.4, 0.5) is 11.5 Å². The predicted molar refractivity (Wildman–Crippen MR) is 77.8 cm³/mol. The van der Waals surface area contributed by atoms with Crippen molar-refractivity contribution < 1.29 is 0 Å². The van der Waals surface area contributed by atoms with Crippen LogP contribution in [0.1, 0.15) is 16.8 Å². The second kappa shape index (κ2) is 5.40. The number of pyridine rings is 1. The fraction of sp³-hybridized carbons (Fsp3) is 0.267. The van der Waals surface area contributed by atoms with E-state index in [1.165, 1.54) is 11.3 Å². The van der Waals surface area contributed by atoms with Crippen LogP contribution < -0.4 is 4.90 Å². The lowest BCUT2D eigenvalue weighted by Gasteiger charge is -2.21. The summed E-state index contributed by atoms with van der Waals surface area (Å²) >= 11 is 5.85. The Hall–Kier alpha value is -1.54. The Bertz CT molecular complexity index is 552. The molecule has 0 aliphatic carbocycles. The third kappa shape index (κ3) is 2.49. The highest BCUT2D eigenvalue weighted by atomic mass is 35.5. The van der Waals surface area contributed by atoms with Crippen molar-refractivity contribution in [3.8, 4) is 0 Å². The second-order valence-electron chi connectivity index (χ2n) is 4.39. The first-order valence-corrected chi connectivity index (χ1v) is 6.49. The van der Waals surface area contributed by atoms with Crippen LogP contribution in [-0.2, 0) is 5.88 Å². The zero-order chi connectivity index (χ0) is 13.1. The highest BCUT2D eigenvalue weighted by Gasteiger charge is 2.09. The molecule has 0 spiro atoms. The smallest absolute Gasteiger partial charge is 0.132 e.